The van der Waals surface area contributed by atoms with Gasteiger partial charge in [-0.3, -0.25) is 9.21 Å². The molecule has 0 aromatic heterocycles. The first-order valence-corrected chi connectivity index (χ1v) is 12.3. The van der Waals surface area contributed by atoms with Gasteiger partial charge in [0.1, 0.15) is 0 Å². The topological polar surface area (TPSA) is 40.6 Å². The largest absolute Gasteiger partial charge is 0.299 e. The molecular weight excluding hydrogens is 404 g/mol. The molecule has 4 rings (SSSR count). The fraction of sp³-hybridized carbons (Fsp3) is 0.308. The Balaban J connectivity index is 1.56. The van der Waals surface area contributed by atoms with E-state index >= 15 is 0 Å². The lowest BCUT2D eigenvalue weighted by molar-refractivity contribution is 0.206. The van der Waals surface area contributed by atoms with Crippen molar-refractivity contribution in [3.05, 3.63) is 95.6 Å². The summed E-state index contributed by atoms with van der Waals surface area (Å²) in [5.74, 6) is 0. The van der Waals surface area contributed by atoms with E-state index in [-0.39, 0.29) is 6.04 Å². The van der Waals surface area contributed by atoms with Crippen molar-refractivity contribution in [2.45, 2.75) is 44.2 Å². The highest BCUT2D eigenvalue weighted by Gasteiger charge is 2.34. The van der Waals surface area contributed by atoms with Crippen LogP contribution in [0.25, 0.3) is 0 Å². The van der Waals surface area contributed by atoms with Gasteiger partial charge >= 0.3 is 0 Å². The molecule has 5 heteroatoms. The smallest absolute Gasteiger partial charge is 0.264 e. The number of benzene rings is 3. The van der Waals surface area contributed by atoms with Crippen LogP contribution in [-0.4, -0.2) is 32.4 Å². The third-order valence-electron chi connectivity index (χ3n) is 5.97. The summed E-state index contributed by atoms with van der Waals surface area (Å²) in [6.07, 6.45) is 1.62. The first-order valence-electron chi connectivity index (χ1n) is 10.9. The molecule has 1 saturated heterocycles. The highest BCUT2D eigenvalue weighted by molar-refractivity contribution is 7.92. The standard InChI is InChI=1S/C26H30N2O2S/c1-21-11-13-23(14-12-21)20-27-17-15-24(16-18-27)28(25-8-6-7-22(2)19-25)31(29,30)26-9-4-3-5-10-26/h3-14,19,24H,15-18,20H2,1-2H3. The number of rotatable bonds is 6. The maximum atomic E-state index is 13.7. The van der Waals surface area contributed by atoms with Crippen molar-refractivity contribution < 1.29 is 8.42 Å². The Bertz CT molecular complexity index is 1100. The summed E-state index contributed by atoms with van der Waals surface area (Å²) in [5, 5.41) is 0. The van der Waals surface area contributed by atoms with Gasteiger partial charge in [-0.15, -0.1) is 0 Å². The second kappa shape index (κ2) is 9.25. The predicted octanol–water partition coefficient (Wildman–Crippen LogP) is 5.16. The van der Waals surface area contributed by atoms with Crippen LogP contribution in [0.4, 0.5) is 5.69 Å². The van der Waals surface area contributed by atoms with Gasteiger partial charge in [-0.2, -0.15) is 0 Å². The Morgan fingerprint density at radius 3 is 2.16 bits per heavy atom. The lowest BCUT2D eigenvalue weighted by Crippen LogP contribution is -2.47. The Hall–Kier alpha value is -2.63. The molecule has 3 aromatic carbocycles. The van der Waals surface area contributed by atoms with Crippen LogP contribution in [0.2, 0.25) is 0 Å². The predicted molar refractivity (Wildman–Crippen MR) is 127 cm³/mol. The van der Waals surface area contributed by atoms with Crippen LogP contribution in [0.5, 0.6) is 0 Å². The molecular formula is C26H30N2O2S. The molecule has 0 amide bonds. The quantitative estimate of drug-likeness (QED) is 0.538. The van der Waals surface area contributed by atoms with Crippen LogP contribution in [0.1, 0.15) is 29.5 Å². The summed E-state index contributed by atoms with van der Waals surface area (Å²) >= 11 is 0. The monoisotopic (exact) mass is 434 g/mol. The molecule has 1 heterocycles. The van der Waals surface area contributed by atoms with Crippen LogP contribution in [0.3, 0.4) is 0 Å². The fourth-order valence-corrected chi connectivity index (χ4v) is 6.00. The van der Waals surface area contributed by atoms with Crippen LogP contribution in [-0.2, 0) is 16.6 Å². The number of hydrogen-bond donors (Lipinski definition) is 0. The Labute approximate surface area is 186 Å². The minimum absolute atomic E-state index is 0.0544. The number of aryl methyl sites for hydroxylation is 2. The van der Waals surface area contributed by atoms with E-state index in [0.717, 1.165) is 43.7 Å². The molecule has 0 atom stereocenters. The number of likely N-dealkylation sites (tertiary alicyclic amines) is 1. The van der Waals surface area contributed by atoms with Crippen molar-refractivity contribution in [2.24, 2.45) is 0 Å². The van der Waals surface area contributed by atoms with E-state index in [0.29, 0.717) is 4.90 Å². The molecule has 3 aromatic rings. The van der Waals surface area contributed by atoms with Crippen molar-refractivity contribution in [1.29, 1.82) is 0 Å². The van der Waals surface area contributed by atoms with E-state index in [1.807, 2.05) is 37.3 Å². The number of nitrogens with zero attached hydrogens (tertiary/aromatic N) is 2. The van der Waals surface area contributed by atoms with Gasteiger partial charge in [-0.05, 0) is 62.1 Å². The minimum atomic E-state index is -3.64. The Kier molecular flexibility index (Phi) is 6.44. The molecule has 1 aliphatic heterocycles. The van der Waals surface area contributed by atoms with E-state index < -0.39 is 10.0 Å². The first-order chi connectivity index (χ1) is 14.9. The summed E-state index contributed by atoms with van der Waals surface area (Å²) in [4.78, 5) is 2.77. The fourth-order valence-electron chi connectivity index (χ4n) is 4.28. The van der Waals surface area contributed by atoms with Gasteiger partial charge in [0.05, 0.1) is 10.6 Å². The number of hydrogen-bond acceptors (Lipinski definition) is 3. The average Bonchev–Trinajstić information content (AvgIpc) is 2.77. The second-order valence-electron chi connectivity index (χ2n) is 8.45. The van der Waals surface area contributed by atoms with Gasteiger partial charge in [0.15, 0.2) is 0 Å². The summed E-state index contributed by atoms with van der Waals surface area (Å²) < 4.78 is 29.0. The maximum absolute atomic E-state index is 13.7. The molecule has 0 aliphatic carbocycles. The van der Waals surface area contributed by atoms with Crippen molar-refractivity contribution in [3.8, 4) is 0 Å². The molecule has 162 valence electrons. The van der Waals surface area contributed by atoms with E-state index in [1.165, 1.54) is 11.1 Å². The summed E-state index contributed by atoms with van der Waals surface area (Å²) in [6.45, 7) is 6.77. The van der Waals surface area contributed by atoms with E-state index in [9.17, 15) is 8.42 Å². The average molecular weight is 435 g/mol. The van der Waals surface area contributed by atoms with Crippen LogP contribution in [0, 0.1) is 13.8 Å². The van der Waals surface area contributed by atoms with E-state index in [1.54, 1.807) is 28.6 Å². The van der Waals surface area contributed by atoms with Crippen molar-refractivity contribution in [1.82, 2.24) is 4.90 Å². The van der Waals surface area contributed by atoms with Crippen LogP contribution < -0.4 is 4.31 Å². The van der Waals surface area contributed by atoms with Crippen molar-refractivity contribution in [2.75, 3.05) is 17.4 Å². The van der Waals surface area contributed by atoms with Gasteiger partial charge in [0.2, 0.25) is 0 Å². The maximum Gasteiger partial charge on any atom is 0.264 e. The van der Waals surface area contributed by atoms with E-state index in [2.05, 4.69) is 36.1 Å². The highest BCUT2D eigenvalue weighted by Crippen LogP contribution is 2.31. The van der Waals surface area contributed by atoms with Crippen LogP contribution >= 0.6 is 0 Å². The van der Waals surface area contributed by atoms with Crippen molar-refractivity contribution in [3.63, 3.8) is 0 Å². The first kappa shape index (κ1) is 21.6. The molecule has 4 nitrogen and oxygen atoms in total. The molecule has 0 radical (unpaired) electrons. The van der Waals surface area contributed by atoms with Gasteiger partial charge in [0.25, 0.3) is 10.0 Å². The van der Waals surface area contributed by atoms with Gasteiger partial charge < -0.3 is 0 Å². The Morgan fingerprint density at radius 1 is 0.839 bits per heavy atom. The molecule has 1 fully saturated rings. The summed E-state index contributed by atoms with van der Waals surface area (Å²) in [6, 6.07) is 25.2. The molecule has 0 spiro atoms. The normalized spacial score (nSPS) is 15.7. The van der Waals surface area contributed by atoms with Crippen LogP contribution in [0.15, 0.2) is 83.8 Å². The van der Waals surface area contributed by atoms with E-state index in [4.69, 9.17) is 0 Å². The lowest BCUT2D eigenvalue weighted by Gasteiger charge is -2.39. The minimum Gasteiger partial charge on any atom is -0.299 e. The molecule has 1 aliphatic rings. The molecule has 0 saturated carbocycles. The number of piperidine rings is 1. The summed E-state index contributed by atoms with van der Waals surface area (Å²) in [5.41, 5.74) is 4.38. The zero-order valence-electron chi connectivity index (χ0n) is 18.2. The van der Waals surface area contributed by atoms with Crippen molar-refractivity contribution >= 4 is 15.7 Å². The van der Waals surface area contributed by atoms with Gasteiger partial charge in [0, 0.05) is 25.7 Å². The zero-order chi connectivity index (χ0) is 21.8. The second-order valence-corrected chi connectivity index (χ2v) is 10.3. The zero-order valence-corrected chi connectivity index (χ0v) is 19.1. The lowest BCUT2D eigenvalue weighted by atomic mass is 10.0. The molecule has 0 N–H and O–H groups in total. The molecule has 0 bridgehead atoms. The molecule has 31 heavy (non-hydrogen) atoms. The number of anilines is 1. The van der Waals surface area contributed by atoms with Gasteiger partial charge in [-0.1, -0.05) is 60.2 Å². The summed E-state index contributed by atoms with van der Waals surface area (Å²) in [7, 11) is -3.64. The highest BCUT2D eigenvalue weighted by atomic mass is 32.2. The third kappa shape index (κ3) is 5.00. The SMILES string of the molecule is Cc1ccc(CN2CCC(N(c3cccc(C)c3)S(=O)(=O)c3ccccc3)CC2)cc1. The third-order valence-corrected chi connectivity index (χ3v) is 7.87. The van der Waals surface area contributed by atoms with Gasteiger partial charge in [-0.25, -0.2) is 8.42 Å². The Morgan fingerprint density at radius 2 is 1.52 bits per heavy atom. The molecule has 0 unspecified atom stereocenters. The number of sulfonamides is 1.